The van der Waals surface area contributed by atoms with Crippen molar-refractivity contribution in [2.75, 3.05) is 13.1 Å². The molecule has 0 aromatic heterocycles. The second-order valence-corrected chi connectivity index (χ2v) is 4.24. The van der Waals surface area contributed by atoms with Gasteiger partial charge in [-0.25, -0.2) is 0 Å². The van der Waals surface area contributed by atoms with Crippen LogP contribution in [-0.4, -0.2) is 24.9 Å². The lowest BCUT2D eigenvalue weighted by atomic mass is 10.1. The second kappa shape index (κ2) is 7.98. The molecule has 0 saturated carbocycles. The van der Waals surface area contributed by atoms with E-state index in [1.165, 1.54) is 0 Å². The predicted octanol–water partition coefficient (Wildman–Crippen LogP) is 1.98. The highest BCUT2D eigenvalue weighted by molar-refractivity contribution is 5.97. The summed E-state index contributed by atoms with van der Waals surface area (Å²) in [6, 6.07) is 9.60. The number of unbranched alkanes of at least 4 members (excludes halogenated alkanes) is 1. The van der Waals surface area contributed by atoms with Gasteiger partial charge in [0.15, 0.2) is 5.78 Å². The number of nitrogens with two attached hydrogens (primary N) is 1. The Morgan fingerprint density at radius 3 is 2.65 bits per heavy atom. The molecule has 3 nitrogen and oxygen atoms in total. The van der Waals surface area contributed by atoms with Gasteiger partial charge in [-0.05, 0) is 6.42 Å². The summed E-state index contributed by atoms with van der Waals surface area (Å²) in [5.41, 5.74) is 6.42. The molecular weight excluding hydrogens is 212 g/mol. The molecule has 0 aliphatic heterocycles. The number of ketones is 1. The molecule has 1 atom stereocenters. The van der Waals surface area contributed by atoms with Crippen LogP contribution in [0, 0.1) is 0 Å². The van der Waals surface area contributed by atoms with Gasteiger partial charge < -0.3 is 11.1 Å². The minimum atomic E-state index is 0.126. The molecule has 0 saturated heterocycles. The van der Waals surface area contributed by atoms with E-state index in [0.29, 0.717) is 13.1 Å². The van der Waals surface area contributed by atoms with Gasteiger partial charge in [-0.15, -0.1) is 0 Å². The predicted molar refractivity (Wildman–Crippen MR) is 71.1 cm³/mol. The van der Waals surface area contributed by atoms with Crippen molar-refractivity contribution in [2.24, 2.45) is 5.73 Å². The molecule has 0 radical (unpaired) electrons. The van der Waals surface area contributed by atoms with Crippen molar-refractivity contribution >= 4 is 5.78 Å². The van der Waals surface area contributed by atoms with Crippen LogP contribution in [0.3, 0.4) is 0 Å². The molecule has 1 aromatic rings. The highest BCUT2D eigenvalue weighted by Crippen LogP contribution is 2.01. The maximum Gasteiger partial charge on any atom is 0.176 e. The minimum Gasteiger partial charge on any atom is -0.329 e. The largest absolute Gasteiger partial charge is 0.329 e. The Morgan fingerprint density at radius 1 is 1.35 bits per heavy atom. The molecule has 94 valence electrons. The third-order valence-electron chi connectivity index (χ3n) is 2.84. The van der Waals surface area contributed by atoms with E-state index in [-0.39, 0.29) is 11.8 Å². The standard InChI is InChI=1S/C14H22N2O/c1-2-3-9-13(10-15)16-11-14(17)12-7-5-4-6-8-12/h4-8,13,16H,2-3,9-11,15H2,1H3/t13-/m0/s1. The fourth-order valence-electron chi connectivity index (χ4n) is 1.72. The number of carbonyl (C=O) groups is 1. The summed E-state index contributed by atoms with van der Waals surface area (Å²) in [5, 5.41) is 3.23. The first kappa shape index (κ1) is 13.9. The summed E-state index contributed by atoms with van der Waals surface area (Å²) in [7, 11) is 0. The van der Waals surface area contributed by atoms with Gasteiger partial charge >= 0.3 is 0 Å². The zero-order valence-corrected chi connectivity index (χ0v) is 10.5. The Hall–Kier alpha value is -1.19. The van der Waals surface area contributed by atoms with Gasteiger partial charge in [0.25, 0.3) is 0 Å². The highest BCUT2D eigenvalue weighted by atomic mass is 16.1. The van der Waals surface area contributed by atoms with Crippen molar-refractivity contribution in [1.82, 2.24) is 5.32 Å². The van der Waals surface area contributed by atoms with E-state index < -0.39 is 0 Å². The Kier molecular flexibility index (Phi) is 6.51. The summed E-state index contributed by atoms with van der Waals surface area (Å²) < 4.78 is 0. The van der Waals surface area contributed by atoms with Crippen LogP contribution >= 0.6 is 0 Å². The molecule has 0 amide bonds. The molecule has 0 aliphatic rings. The zero-order chi connectivity index (χ0) is 12.5. The normalized spacial score (nSPS) is 12.4. The summed E-state index contributed by atoms with van der Waals surface area (Å²) in [5.74, 6) is 0.126. The molecule has 0 spiro atoms. The number of carbonyl (C=O) groups excluding carboxylic acids is 1. The molecule has 0 aliphatic carbocycles. The van der Waals surface area contributed by atoms with Crippen molar-refractivity contribution in [3.05, 3.63) is 35.9 Å². The number of Topliss-reactive ketones (excluding diaryl/α,β-unsaturated/α-hetero) is 1. The van der Waals surface area contributed by atoms with Gasteiger partial charge in [0.1, 0.15) is 0 Å². The molecule has 0 unspecified atom stereocenters. The van der Waals surface area contributed by atoms with Gasteiger partial charge in [-0.2, -0.15) is 0 Å². The molecule has 0 fully saturated rings. The van der Waals surface area contributed by atoms with E-state index in [2.05, 4.69) is 12.2 Å². The van der Waals surface area contributed by atoms with Crippen LogP contribution in [0.5, 0.6) is 0 Å². The van der Waals surface area contributed by atoms with Crippen LogP contribution in [-0.2, 0) is 0 Å². The Bertz CT molecular complexity index is 324. The lowest BCUT2D eigenvalue weighted by molar-refractivity contribution is 0.0987. The molecular formula is C14H22N2O. The number of hydrogen-bond acceptors (Lipinski definition) is 3. The van der Waals surface area contributed by atoms with Gasteiger partial charge in [0.05, 0.1) is 6.54 Å². The van der Waals surface area contributed by atoms with E-state index >= 15 is 0 Å². The Morgan fingerprint density at radius 2 is 2.06 bits per heavy atom. The maximum atomic E-state index is 11.8. The summed E-state index contributed by atoms with van der Waals surface area (Å²) in [4.78, 5) is 11.8. The molecule has 0 heterocycles. The maximum absolute atomic E-state index is 11.8. The van der Waals surface area contributed by atoms with Gasteiger partial charge in [0, 0.05) is 18.2 Å². The number of hydrogen-bond donors (Lipinski definition) is 2. The third-order valence-corrected chi connectivity index (χ3v) is 2.84. The highest BCUT2D eigenvalue weighted by Gasteiger charge is 2.09. The van der Waals surface area contributed by atoms with Gasteiger partial charge in [-0.1, -0.05) is 50.1 Å². The number of benzene rings is 1. The molecule has 0 bridgehead atoms. The second-order valence-electron chi connectivity index (χ2n) is 4.24. The SMILES string of the molecule is CCCC[C@@H](CN)NCC(=O)c1ccccc1. The van der Waals surface area contributed by atoms with Crippen molar-refractivity contribution < 1.29 is 4.79 Å². The van der Waals surface area contributed by atoms with Crippen LogP contribution in [0.1, 0.15) is 36.5 Å². The Balaban J connectivity index is 2.36. The average Bonchev–Trinajstić information content (AvgIpc) is 2.39. The number of nitrogens with one attached hydrogen (secondary N) is 1. The monoisotopic (exact) mass is 234 g/mol. The Labute approximate surface area is 103 Å². The molecule has 1 rings (SSSR count). The van der Waals surface area contributed by atoms with Crippen LogP contribution in [0.25, 0.3) is 0 Å². The molecule has 1 aromatic carbocycles. The lowest BCUT2D eigenvalue weighted by Gasteiger charge is -2.15. The van der Waals surface area contributed by atoms with E-state index in [9.17, 15) is 4.79 Å². The number of rotatable bonds is 8. The fourth-order valence-corrected chi connectivity index (χ4v) is 1.72. The smallest absolute Gasteiger partial charge is 0.176 e. The van der Waals surface area contributed by atoms with Crippen molar-refractivity contribution in [3.63, 3.8) is 0 Å². The topological polar surface area (TPSA) is 55.1 Å². The van der Waals surface area contributed by atoms with Gasteiger partial charge in [0.2, 0.25) is 0 Å². The van der Waals surface area contributed by atoms with E-state index in [1.54, 1.807) is 0 Å². The summed E-state index contributed by atoms with van der Waals surface area (Å²) in [6.45, 7) is 3.11. The first-order valence-electron chi connectivity index (χ1n) is 6.29. The third kappa shape index (κ3) is 5.11. The van der Waals surface area contributed by atoms with Crippen molar-refractivity contribution in [1.29, 1.82) is 0 Å². The zero-order valence-electron chi connectivity index (χ0n) is 10.5. The van der Waals surface area contributed by atoms with Crippen molar-refractivity contribution in [2.45, 2.75) is 32.2 Å². The van der Waals surface area contributed by atoms with Crippen LogP contribution in [0.15, 0.2) is 30.3 Å². The van der Waals surface area contributed by atoms with Crippen LogP contribution in [0.2, 0.25) is 0 Å². The molecule has 3 heteroatoms. The van der Waals surface area contributed by atoms with Crippen LogP contribution < -0.4 is 11.1 Å². The van der Waals surface area contributed by atoms with E-state index in [1.807, 2.05) is 30.3 Å². The first-order chi connectivity index (χ1) is 8.27. The van der Waals surface area contributed by atoms with Gasteiger partial charge in [-0.3, -0.25) is 4.79 Å². The molecule has 3 N–H and O–H groups in total. The quantitative estimate of drug-likeness (QED) is 0.676. The average molecular weight is 234 g/mol. The van der Waals surface area contributed by atoms with E-state index in [0.717, 1.165) is 24.8 Å². The first-order valence-corrected chi connectivity index (χ1v) is 6.29. The summed E-state index contributed by atoms with van der Waals surface area (Å²) >= 11 is 0. The fraction of sp³-hybridized carbons (Fsp3) is 0.500. The molecule has 17 heavy (non-hydrogen) atoms. The summed E-state index contributed by atoms with van der Waals surface area (Å²) in [6.07, 6.45) is 3.34. The lowest BCUT2D eigenvalue weighted by Crippen LogP contribution is -2.39. The van der Waals surface area contributed by atoms with Crippen molar-refractivity contribution in [3.8, 4) is 0 Å². The minimum absolute atomic E-state index is 0.126. The van der Waals surface area contributed by atoms with E-state index in [4.69, 9.17) is 5.73 Å². The van der Waals surface area contributed by atoms with Crippen LogP contribution in [0.4, 0.5) is 0 Å².